The Morgan fingerprint density at radius 2 is 1.67 bits per heavy atom. The molecule has 2 aromatic carbocycles. The third kappa shape index (κ3) is 2.44. The second kappa shape index (κ2) is 5.80. The number of nitrogens with zero attached hydrogens (tertiary/aromatic N) is 4. The van der Waals surface area contributed by atoms with Crippen molar-refractivity contribution in [3.8, 4) is 22.5 Å². The molecule has 1 aliphatic heterocycles. The molecule has 0 saturated heterocycles. The quantitative estimate of drug-likeness (QED) is 0.544. The van der Waals surface area contributed by atoms with Crippen molar-refractivity contribution in [2.24, 2.45) is 0 Å². The second-order valence-corrected chi connectivity index (χ2v) is 6.22. The molecular weight excluding hydrogens is 355 g/mol. The lowest BCUT2D eigenvalue weighted by Gasteiger charge is -2.10. The lowest BCUT2D eigenvalue weighted by atomic mass is 10.0. The van der Waals surface area contributed by atoms with E-state index in [2.05, 4.69) is 20.3 Å². The van der Waals surface area contributed by atoms with Crippen LogP contribution < -0.4 is 5.32 Å². The molecule has 134 valence electrons. The molecule has 5 rings (SSSR count). The highest BCUT2D eigenvalue weighted by Crippen LogP contribution is 2.38. The number of aromatic nitrogens is 4. The molecule has 4 aromatic rings. The van der Waals surface area contributed by atoms with E-state index < -0.39 is 17.5 Å². The molecule has 0 bridgehead atoms. The van der Waals surface area contributed by atoms with Crippen LogP contribution in [0.4, 0.5) is 19.1 Å². The Morgan fingerprint density at radius 3 is 2.52 bits per heavy atom. The summed E-state index contributed by atoms with van der Waals surface area (Å²) < 4.78 is 43.5. The molecule has 1 N–H and O–H groups in total. The standard InChI is InChI=1S/C19H12F3N5/c20-12-9-14(22)13(21)8-11(12)17-18(27-6-5-25-19(27)26-17)10-1-2-15-16(7-10)24-4-3-23-15/h1-4,7-9H,5-6H2,(H,25,26). The van der Waals surface area contributed by atoms with Crippen molar-refractivity contribution < 1.29 is 13.2 Å². The van der Waals surface area contributed by atoms with E-state index in [1.54, 1.807) is 12.4 Å². The van der Waals surface area contributed by atoms with Crippen molar-refractivity contribution in [1.82, 2.24) is 19.5 Å². The van der Waals surface area contributed by atoms with Gasteiger partial charge in [-0.05, 0) is 18.2 Å². The van der Waals surface area contributed by atoms with Crippen molar-refractivity contribution in [2.45, 2.75) is 6.54 Å². The van der Waals surface area contributed by atoms with Crippen LogP contribution in [0.1, 0.15) is 0 Å². The van der Waals surface area contributed by atoms with E-state index >= 15 is 0 Å². The van der Waals surface area contributed by atoms with Gasteiger partial charge in [-0.1, -0.05) is 6.07 Å². The molecule has 0 unspecified atom stereocenters. The fourth-order valence-electron chi connectivity index (χ4n) is 3.38. The third-order valence-electron chi connectivity index (χ3n) is 4.59. The maximum atomic E-state index is 14.4. The third-order valence-corrected chi connectivity index (χ3v) is 4.59. The van der Waals surface area contributed by atoms with Crippen molar-refractivity contribution >= 4 is 17.0 Å². The van der Waals surface area contributed by atoms with Gasteiger partial charge >= 0.3 is 0 Å². The average Bonchev–Trinajstić information content (AvgIpc) is 3.25. The van der Waals surface area contributed by atoms with E-state index in [0.717, 1.165) is 17.1 Å². The summed E-state index contributed by atoms with van der Waals surface area (Å²) in [6, 6.07) is 6.85. The molecule has 0 saturated carbocycles. The highest BCUT2D eigenvalue weighted by atomic mass is 19.2. The first kappa shape index (κ1) is 15.8. The summed E-state index contributed by atoms with van der Waals surface area (Å²) in [7, 11) is 0. The number of benzene rings is 2. The Kier molecular flexibility index (Phi) is 3.40. The van der Waals surface area contributed by atoms with Crippen LogP contribution >= 0.6 is 0 Å². The van der Waals surface area contributed by atoms with Gasteiger partial charge in [0, 0.05) is 42.7 Å². The molecule has 0 atom stereocenters. The number of nitrogens with one attached hydrogen (secondary N) is 1. The second-order valence-electron chi connectivity index (χ2n) is 6.22. The van der Waals surface area contributed by atoms with Crippen LogP contribution in [0.15, 0.2) is 42.7 Å². The molecule has 0 fully saturated rings. The lowest BCUT2D eigenvalue weighted by molar-refractivity contribution is 0.496. The van der Waals surface area contributed by atoms with Gasteiger partial charge in [-0.3, -0.25) is 9.97 Å². The molecule has 8 heteroatoms. The zero-order valence-corrected chi connectivity index (χ0v) is 13.9. The smallest absolute Gasteiger partial charge is 0.204 e. The summed E-state index contributed by atoms with van der Waals surface area (Å²) in [5.41, 5.74) is 2.91. The van der Waals surface area contributed by atoms with Crippen LogP contribution in [0.3, 0.4) is 0 Å². The Labute approximate surface area is 151 Å². The summed E-state index contributed by atoms with van der Waals surface area (Å²) in [4.78, 5) is 13.0. The van der Waals surface area contributed by atoms with Crippen LogP contribution in [0.2, 0.25) is 0 Å². The van der Waals surface area contributed by atoms with E-state index in [4.69, 9.17) is 0 Å². The molecule has 2 aromatic heterocycles. The van der Waals surface area contributed by atoms with Crippen molar-refractivity contribution in [3.05, 3.63) is 60.2 Å². The summed E-state index contributed by atoms with van der Waals surface area (Å²) in [6.45, 7) is 1.31. The molecule has 1 aliphatic rings. The van der Waals surface area contributed by atoms with Gasteiger partial charge in [0.1, 0.15) is 11.5 Å². The van der Waals surface area contributed by atoms with Crippen molar-refractivity contribution in [2.75, 3.05) is 11.9 Å². The van der Waals surface area contributed by atoms with Gasteiger partial charge in [0.2, 0.25) is 5.95 Å². The number of imidazole rings is 1. The Bertz CT molecular complexity index is 1200. The zero-order valence-electron chi connectivity index (χ0n) is 13.9. The van der Waals surface area contributed by atoms with E-state index in [-0.39, 0.29) is 11.3 Å². The Balaban J connectivity index is 1.78. The molecule has 27 heavy (non-hydrogen) atoms. The summed E-state index contributed by atoms with van der Waals surface area (Å²) in [5.74, 6) is -2.66. The van der Waals surface area contributed by atoms with Gasteiger partial charge in [-0.25, -0.2) is 18.2 Å². The number of anilines is 1. The highest BCUT2D eigenvalue weighted by Gasteiger charge is 2.26. The Morgan fingerprint density at radius 1 is 0.889 bits per heavy atom. The van der Waals surface area contributed by atoms with Gasteiger partial charge in [0.05, 0.1) is 16.7 Å². The van der Waals surface area contributed by atoms with Gasteiger partial charge in [-0.15, -0.1) is 0 Å². The molecule has 3 heterocycles. The number of hydrogen-bond acceptors (Lipinski definition) is 4. The first-order valence-corrected chi connectivity index (χ1v) is 8.32. The predicted octanol–water partition coefficient (Wildman–Crippen LogP) is 4.00. The zero-order chi connectivity index (χ0) is 18.5. The maximum absolute atomic E-state index is 14.4. The van der Waals surface area contributed by atoms with Crippen LogP contribution in [0.25, 0.3) is 33.5 Å². The largest absolute Gasteiger partial charge is 0.354 e. The van der Waals surface area contributed by atoms with E-state index in [1.807, 2.05) is 22.8 Å². The SMILES string of the molecule is Fc1cc(F)c(-c2nc3n(c2-c2ccc4nccnc4c2)CCN3)cc1F. The summed E-state index contributed by atoms with van der Waals surface area (Å²) in [5, 5.41) is 3.12. The summed E-state index contributed by atoms with van der Waals surface area (Å²) in [6.07, 6.45) is 3.19. The molecular formula is C19H12F3N5. The van der Waals surface area contributed by atoms with E-state index in [9.17, 15) is 13.2 Å². The van der Waals surface area contributed by atoms with Gasteiger partial charge in [0.15, 0.2) is 11.6 Å². The maximum Gasteiger partial charge on any atom is 0.204 e. The lowest BCUT2D eigenvalue weighted by Crippen LogP contribution is -2.00. The molecule has 0 spiro atoms. The van der Waals surface area contributed by atoms with Crippen LogP contribution in [0, 0.1) is 17.5 Å². The van der Waals surface area contributed by atoms with Gasteiger partial charge in [0.25, 0.3) is 0 Å². The normalized spacial score (nSPS) is 13.0. The predicted molar refractivity (Wildman–Crippen MR) is 94.6 cm³/mol. The first-order chi connectivity index (χ1) is 13.1. The average molecular weight is 367 g/mol. The highest BCUT2D eigenvalue weighted by molar-refractivity contribution is 5.87. The molecule has 5 nitrogen and oxygen atoms in total. The summed E-state index contributed by atoms with van der Waals surface area (Å²) >= 11 is 0. The van der Waals surface area contributed by atoms with Crippen LogP contribution in [0.5, 0.6) is 0 Å². The minimum atomic E-state index is -1.23. The molecule has 0 aliphatic carbocycles. The minimum Gasteiger partial charge on any atom is -0.354 e. The van der Waals surface area contributed by atoms with Gasteiger partial charge < -0.3 is 9.88 Å². The van der Waals surface area contributed by atoms with Crippen LogP contribution in [-0.2, 0) is 6.54 Å². The molecule has 0 amide bonds. The topological polar surface area (TPSA) is 55.6 Å². The van der Waals surface area contributed by atoms with Gasteiger partial charge in [-0.2, -0.15) is 0 Å². The van der Waals surface area contributed by atoms with E-state index in [0.29, 0.717) is 36.3 Å². The first-order valence-electron chi connectivity index (χ1n) is 8.32. The minimum absolute atomic E-state index is 0.0909. The molecule has 0 radical (unpaired) electrons. The van der Waals surface area contributed by atoms with Crippen molar-refractivity contribution in [3.63, 3.8) is 0 Å². The number of rotatable bonds is 2. The number of fused-ring (bicyclic) bond motifs is 2. The fraction of sp³-hybridized carbons (Fsp3) is 0.105. The monoisotopic (exact) mass is 367 g/mol. The van der Waals surface area contributed by atoms with E-state index in [1.165, 1.54) is 0 Å². The number of hydrogen-bond donors (Lipinski definition) is 1. The van der Waals surface area contributed by atoms with Crippen molar-refractivity contribution in [1.29, 1.82) is 0 Å². The Hall–Kier alpha value is -3.42. The van der Waals surface area contributed by atoms with Crippen LogP contribution in [-0.4, -0.2) is 26.1 Å². The fourth-order valence-corrected chi connectivity index (χ4v) is 3.38. The number of halogens is 3.